The van der Waals surface area contributed by atoms with Gasteiger partial charge in [0.25, 0.3) is 0 Å². The van der Waals surface area contributed by atoms with Crippen LogP contribution < -0.4 is 31.9 Å². The van der Waals surface area contributed by atoms with Crippen LogP contribution in [0.5, 0.6) is 11.5 Å². The molecule has 12 nitrogen and oxygen atoms in total. The average molecular weight is 599 g/mol. The number of phenols is 2. The highest BCUT2D eigenvalue weighted by Crippen LogP contribution is 2.31. The summed E-state index contributed by atoms with van der Waals surface area (Å²) in [5.74, 6) is -1.47. The summed E-state index contributed by atoms with van der Waals surface area (Å²) in [5.41, 5.74) is 2.45. The Labute approximate surface area is 253 Å². The van der Waals surface area contributed by atoms with Crippen molar-refractivity contribution in [3.05, 3.63) is 47.5 Å². The molecule has 236 valence electrons. The van der Waals surface area contributed by atoms with Gasteiger partial charge in [-0.1, -0.05) is 12.1 Å². The SMILES string of the molecule is CNCCC[C@@H](CO)NC(=O)[C@@H]1Cc2cc(ccc2O)-c2ccc(O)c(c2)C[C@H](NC)C(=O)N[C@@H](CCCNC)C(=O)N1. The number of benzene rings is 2. The first-order chi connectivity index (χ1) is 20.7. The molecular weight excluding hydrogens is 552 g/mol. The van der Waals surface area contributed by atoms with Crippen molar-refractivity contribution in [1.29, 1.82) is 0 Å². The summed E-state index contributed by atoms with van der Waals surface area (Å²) in [6, 6.07) is 6.78. The third kappa shape index (κ3) is 9.65. The van der Waals surface area contributed by atoms with Gasteiger partial charge in [-0.3, -0.25) is 14.4 Å². The molecular formula is C31H46N6O6. The molecule has 12 heteroatoms. The van der Waals surface area contributed by atoms with Gasteiger partial charge in [-0.25, -0.2) is 0 Å². The van der Waals surface area contributed by atoms with Crippen LogP contribution in [0.25, 0.3) is 11.1 Å². The maximum atomic E-state index is 13.7. The first-order valence-electron chi connectivity index (χ1n) is 14.8. The van der Waals surface area contributed by atoms with Crippen LogP contribution in [0.4, 0.5) is 0 Å². The normalized spacial score (nSPS) is 19.9. The molecule has 0 saturated carbocycles. The van der Waals surface area contributed by atoms with E-state index in [1.807, 2.05) is 7.05 Å². The first kappa shape index (κ1) is 33.8. The summed E-state index contributed by atoms with van der Waals surface area (Å²) in [5, 5.41) is 48.8. The quantitative estimate of drug-likeness (QED) is 0.151. The minimum atomic E-state index is -1.10. The van der Waals surface area contributed by atoms with Gasteiger partial charge < -0.3 is 47.2 Å². The van der Waals surface area contributed by atoms with E-state index in [-0.39, 0.29) is 30.9 Å². The molecule has 0 radical (unpaired) electrons. The summed E-state index contributed by atoms with van der Waals surface area (Å²) >= 11 is 0. The second-order valence-electron chi connectivity index (χ2n) is 10.9. The number of phenolic OH excluding ortho intramolecular Hbond substituents is 2. The molecule has 0 spiro atoms. The number of nitrogens with one attached hydrogen (secondary N) is 6. The summed E-state index contributed by atoms with van der Waals surface area (Å²) < 4.78 is 0. The number of fused-ring (bicyclic) bond motifs is 5. The van der Waals surface area contributed by atoms with Gasteiger partial charge in [-0.2, -0.15) is 0 Å². The van der Waals surface area contributed by atoms with Gasteiger partial charge >= 0.3 is 0 Å². The topological polar surface area (TPSA) is 184 Å². The van der Waals surface area contributed by atoms with Crippen LogP contribution >= 0.6 is 0 Å². The number of hydrogen-bond acceptors (Lipinski definition) is 9. The lowest BCUT2D eigenvalue weighted by atomic mass is 9.95. The molecule has 0 unspecified atom stereocenters. The molecule has 3 amide bonds. The highest BCUT2D eigenvalue weighted by atomic mass is 16.3. The maximum Gasteiger partial charge on any atom is 0.243 e. The van der Waals surface area contributed by atoms with E-state index in [1.54, 1.807) is 44.4 Å². The zero-order valence-electron chi connectivity index (χ0n) is 25.2. The number of aromatic hydroxyl groups is 2. The lowest BCUT2D eigenvalue weighted by Gasteiger charge is -2.26. The van der Waals surface area contributed by atoms with Crippen molar-refractivity contribution in [3.63, 3.8) is 0 Å². The smallest absolute Gasteiger partial charge is 0.243 e. The van der Waals surface area contributed by atoms with E-state index in [9.17, 15) is 29.7 Å². The molecule has 9 N–H and O–H groups in total. The first-order valence-corrected chi connectivity index (χ1v) is 14.8. The molecule has 43 heavy (non-hydrogen) atoms. The third-order valence-corrected chi connectivity index (χ3v) is 7.74. The van der Waals surface area contributed by atoms with Crippen LogP contribution in [-0.2, 0) is 27.2 Å². The zero-order chi connectivity index (χ0) is 31.4. The fourth-order valence-electron chi connectivity index (χ4n) is 5.16. The average Bonchev–Trinajstić information content (AvgIpc) is 2.99. The van der Waals surface area contributed by atoms with Crippen molar-refractivity contribution in [2.75, 3.05) is 40.8 Å². The summed E-state index contributed by atoms with van der Waals surface area (Å²) in [6.07, 6.45) is 2.28. The van der Waals surface area contributed by atoms with Crippen LogP contribution in [0.3, 0.4) is 0 Å². The van der Waals surface area contributed by atoms with E-state index >= 15 is 0 Å². The summed E-state index contributed by atoms with van der Waals surface area (Å²) in [7, 11) is 5.25. The molecule has 0 fully saturated rings. The minimum absolute atomic E-state index is 0.0345. The van der Waals surface area contributed by atoms with Crippen LogP contribution in [0, 0.1) is 0 Å². The number of amides is 3. The molecule has 1 heterocycles. The highest BCUT2D eigenvalue weighted by Gasteiger charge is 2.30. The van der Waals surface area contributed by atoms with E-state index in [1.165, 1.54) is 6.07 Å². The number of carbonyl (C=O) groups excluding carboxylic acids is 3. The Hall–Kier alpha value is -3.71. The van der Waals surface area contributed by atoms with Crippen LogP contribution in [0.1, 0.15) is 36.8 Å². The van der Waals surface area contributed by atoms with Crippen molar-refractivity contribution in [3.8, 4) is 22.6 Å². The number of rotatable bonds is 12. The Morgan fingerprint density at radius 3 is 2.07 bits per heavy atom. The summed E-state index contributed by atoms with van der Waals surface area (Å²) in [4.78, 5) is 40.7. The van der Waals surface area contributed by atoms with Crippen LogP contribution in [0.2, 0.25) is 0 Å². The highest BCUT2D eigenvalue weighted by molar-refractivity contribution is 5.93. The predicted octanol–water partition coefficient (Wildman–Crippen LogP) is -0.103. The third-order valence-electron chi connectivity index (χ3n) is 7.74. The molecule has 0 saturated heterocycles. The van der Waals surface area contributed by atoms with Gasteiger partial charge in [-0.05, 0) is 106 Å². The predicted molar refractivity (Wildman–Crippen MR) is 165 cm³/mol. The molecule has 1 aliphatic rings. The Bertz CT molecular complexity index is 1240. The molecule has 2 aromatic carbocycles. The Kier molecular flexibility index (Phi) is 13.2. The fourth-order valence-corrected chi connectivity index (χ4v) is 5.16. The van der Waals surface area contributed by atoms with Gasteiger partial charge in [0, 0.05) is 12.8 Å². The fraction of sp³-hybridized carbons (Fsp3) is 0.516. The molecule has 4 atom stereocenters. The number of aliphatic hydroxyl groups is 1. The van der Waals surface area contributed by atoms with E-state index in [2.05, 4.69) is 31.9 Å². The van der Waals surface area contributed by atoms with Crippen LogP contribution in [0.15, 0.2) is 36.4 Å². The summed E-state index contributed by atoms with van der Waals surface area (Å²) in [6.45, 7) is 1.06. The van der Waals surface area contributed by atoms with Crippen molar-refractivity contribution >= 4 is 17.7 Å². The second kappa shape index (κ2) is 16.8. The van der Waals surface area contributed by atoms with Gasteiger partial charge in [0.1, 0.15) is 23.6 Å². The maximum absolute atomic E-state index is 13.7. The lowest BCUT2D eigenvalue weighted by Crippen LogP contribution is -2.57. The molecule has 2 aromatic rings. The van der Waals surface area contributed by atoms with Crippen molar-refractivity contribution in [2.24, 2.45) is 0 Å². The van der Waals surface area contributed by atoms with Crippen LogP contribution in [-0.4, -0.2) is 98.0 Å². The molecule has 0 aliphatic carbocycles. The number of carbonyl (C=O) groups is 3. The second-order valence-corrected chi connectivity index (χ2v) is 10.9. The largest absolute Gasteiger partial charge is 0.508 e. The minimum Gasteiger partial charge on any atom is -0.508 e. The standard InChI is InChI=1S/C31H46N6O6/c1-32-12-4-6-23(18-38)35-31(43)26-17-22-15-20(9-11-28(22)40)19-8-10-27(39)21(14-19)16-25(34-3)30(42)36-24(29(41)37-26)7-5-13-33-2/h8-11,14-15,23-26,32-34,38-40H,4-7,12-13,16-18H2,1-3H3,(H,35,43)(H,36,42)(H,37,41)/t23-,24-,25-,26-/m0/s1. The van der Waals surface area contributed by atoms with E-state index in [0.29, 0.717) is 43.5 Å². The Balaban J connectivity index is 2.05. The van der Waals surface area contributed by atoms with E-state index < -0.39 is 41.9 Å². The van der Waals surface area contributed by atoms with Gasteiger partial charge in [0.15, 0.2) is 0 Å². The number of hydrogen-bond donors (Lipinski definition) is 9. The van der Waals surface area contributed by atoms with Gasteiger partial charge in [0.05, 0.1) is 18.7 Å². The molecule has 1 aliphatic heterocycles. The zero-order valence-corrected chi connectivity index (χ0v) is 25.2. The molecule has 0 aromatic heterocycles. The van der Waals surface area contributed by atoms with Gasteiger partial charge in [0.2, 0.25) is 17.7 Å². The van der Waals surface area contributed by atoms with Crippen molar-refractivity contribution in [1.82, 2.24) is 31.9 Å². The Morgan fingerprint density at radius 1 is 0.884 bits per heavy atom. The monoisotopic (exact) mass is 598 g/mol. The van der Waals surface area contributed by atoms with Gasteiger partial charge in [-0.15, -0.1) is 0 Å². The molecule has 4 bridgehead atoms. The number of aliphatic hydroxyl groups excluding tert-OH is 1. The number of likely N-dealkylation sites (N-methyl/N-ethyl adjacent to an activating group) is 1. The van der Waals surface area contributed by atoms with E-state index in [0.717, 1.165) is 17.5 Å². The van der Waals surface area contributed by atoms with E-state index in [4.69, 9.17) is 0 Å². The van der Waals surface area contributed by atoms with Crippen molar-refractivity contribution < 1.29 is 29.7 Å². The lowest BCUT2D eigenvalue weighted by molar-refractivity contribution is -0.133. The van der Waals surface area contributed by atoms with Crippen molar-refractivity contribution in [2.45, 2.75) is 62.7 Å². The molecule has 3 rings (SSSR count). The Morgan fingerprint density at radius 2 is 1.49 bits per heavy atom.